The van der Waals surface area contributed by atoms with Crippen LogP contribution in [0.3, 0.4) is 0 Å². The fourth-order valence-electron chi connectivity index (χ4n) is 1.94. The zero-order valence-electron chi connectivity index (χ0n) is 13.1. The zero-order chi connectivity index (χ0) is 17.2. The molecule has 0 spiro atoms. The third-order valence-corrected chi connectivity index (χ3v) is 3.54. The van der Waals surface area contributed by atoms with E-state index in [0.29, 0.717) is 37.0 Å². The highest BCUT2D eigenvalue weighted by Gasteiger charge is 2.03. The van der Waals surface area contributed by atoms with Crippen molar-refractivity contribution in [2.75, 3.05) is 19.8 Å². The highest BCUT2D eigenvalue weighted by Crippen LogP contribution is 2.15. The third-order valence-electron chi connectivity index (χ3n) is 3.17. The van der Waals surface area contributed by atoms with Gasteiger partial charge in [0.15, 0.2) is 0 Å². The van der Waals surface area contributed by atoms with Crippen LogP contribution in [0.5, 0.6) is 5.75 Å². The predicted molar refractivity (Wildman–Crippen MR) is 90.6 cm³/mol. The molecule has 2 aromatic carbocycles. The Kier molecular flexibility index (Phi) is 7.52. The number of halogens is 2. The molecule has 0 unspecified atom stereocenters. The topological polar surface area (TPSA) is 47.6 Å². The Morgan fingerprint density at radius 1 is 1.12 bits per heavy atom. The molecule has 2 rings (SSSR count). The summed E-state index contributed by atoms with van der Waals surface area (Å²) in [6.45, 7) is 1.19. The Morgan fingerprint density at radius 2 is 1.88 bits per heavy atom. The van der Waals surface area contributed by atoms with Gasteiger partial charge in [0, 0.05) is 11.6 Å². The van der Waals surface area contributed by atoms with Gasteiger partial charge >= 0.3 is 0 Å². The molecule has 2 aromatic rings. The fourth-order valence-corrected chi connectivity index (χ4v) is 2.13. The van der Waals surface area contributed by atoms with E-state index in [1.165, 1.54) is 12.1 Å². The summed E-state index contributed by atoms with van der Waals surface area (Å²) in [4.78, 5) is 11.6. The smallest absolute Gasteiger partial charge is 0.246 e. The van der Waals surface area contributed by atoms with Crippen LogP contribution in [0.2, 0.25) is 5.02 Å². The average Bonchev–Trinajstić information content (AvgIpc) is 2.58. The molecule has 24 heavy (non-hydrogen) atoms. The minimum absolute atomic E-state index is 0.0238. The highest BCUT2D eigenvalue weighted by atomic mass is 35.5. The molecule has 0 aliphatic carbocycles. The number of nitrogens with one attached hydrogen (secondary N) is 1. The van der Waals surface area contributed by atoms with Crippen molar-refractivity contribution < 1.29 is 18.7 Å². The van der Waals surface area contributed by atoms with Gasteiger partial charge in [0.25, 0.3) is 0 Å². The van der Waals surface area contributed by atoms with Crippen LogP contribution < -0.4 is 10.1 Å². The van der Waals surface area contributed by atoms with Crippen molar-refractivity contribution in [1.82, 2.24) is 5.32 Å². The molecule has 0 saturated carbocycles. The van der Waals surface area contributed by atoms with E-state index in [1.807, 2.05) is 18.2 Å². The van der Waals surface area contributed by atoms with Gasteiger partial charge in [0.1, 0.15) is 18.2 Å². The van der Waals surface area contributed by atoms with E-state index in [2.05, 4.69) is 5.32 Å². The molecular formula is C18H19ClFNO3. The van der Waals surface area contributed by atoms with E-state index in [9.17, 15) is 9.18 Å². The normalized spacial score (nSPS) is 10.4. The summed E-state index contributed by atoms with van der Waals surface area (Å²) >= 11 is 6.00. The maximum absolute atomic E-state index is 12.7. The standard InChI is InChI=1S/C18H19ClFNO3/c19-17-5-2-1-4-14(17)12-23-13-18(22)21-10-3-11-24-16-8-6-15(20)7-9-16/h1-2,4-9H,3,10-13H2,(H,21,22). The number of ether oxygens (including phenoxy) is 2. The number of carbonyl (C=O) groups excluding carboxylic acids is 1. The number of amides is 1. The molecule has 1 N–H and O–H groups in total. The maximum Gasteiger partial charge on any atom is 0.246 e. The number of hydrogen-bond donors (Lipinski definition) is 1. The highest BCUT2D eigenvalue weighted by molar-refractivity contribution is 6.31. The zero-order valence-corrected chi connectivity index (χ0v) is 13.9. The second-order valence-electron chi connectivity index (χ2n) is 5.09. The van der Waals surface area contributed by atoms with Gasteiger partial charge in [-0.3, -0.25) is 4.79 Å². The van der Waals surface area contributed by atoms with Crippen molar-refractivity contribution in [3.63, 3.8) is 0 Å². The number of rotatable bonds is 9. The molecular weight excluding hydrogens is 333 g/mol. The number of carbonyl (C=O) groups is 1. The van der Waals surface area contributed by atoms with Crippen LogP contribution in [0.4, 0.5) is 4.39 Å². The summed E-state index contributed by atoms with van der Waals surface area (Å²) in [5.41, 5.74) is 0.847. The molecule has 0 radical (unpaired) electrons. The van der Waals surface area contributed by atoms with Gasteiger partial charge in [-0.2, -0.15) is 0 Å². The van der Waals surface area contributed by atoms with E-state index in [4.69, 9.17) is 21.1 Å². The Hall–Kier alpha value is -2.11. The summed E-state index contributed by atoms with van der Waals surface area (Å²) in [5.74, 6) is 0.112. The van der Waals surface area contributed by atoms with Gasteiger partial charge in [-0.1, -0.05) is 29.8 Å². The largest absolute Gasteiger partial charge is 0.494 e. The molecule has 0 saturated heterocycles. The van der Waals surface area contributed by atoms with Crippen LogP contribution in [-0.4, -0.2) is 25.7 Å². The van der Waals surface area contributed by atoms with Crippen LogP contribution in [0.25, 0.3) is 0 Å². The van der Waals surface area contributed by atoms with Gasteiger partial charge < -0.3 is 14.8 Å². The van der Waals surface area contributed by atoms with Crippen molar-refractivity contribution in [1.29, 1.82) is 0 Å². The SMILES string of the molecule is O=C(COCc1ccccc1Cl)NCCCOc1ccc(F)cc1. The number of benzene rings is 2. The molecule has 0 atom stereocenters. The van der Waals surface area contributed by atoms with E-state index < -0.39 is 0 Å². The second-order valence-corrected chi connectivity index (χ2v) is 5.50. The van der Waals surface area contributed by atoms with Gasteiger partial charge in [0.2, 0.25) is 5.91 Å². The lowest BCUT2D eigenvalue weighted by Crippen LogP contribution is -2.29. The van der Waals surface area contributed by atoms with Gasteiger partial charge in [-0.15, -0.1) is 0 Å². The van der Waals surface area contributed by atoms with Crippen LogP contribution in [0.1, 0.15) is 12.0 Å². The predicted octanol–water partition coefficient (Wildman–Crippen LogP) is 3.58. The molecule has 0 heterocycles. The average molecular weight is 352 g/mol. The van der Waals surface area contributed by atoms with Gasteiger partial charge in [-0.05, 0) is 42.3 Å². The molecule has 4 nitrogen and oxygen atoms in total. The first-order valence-corrected chi connectivity index (χ1v) is 7.99. The molecule has 0 aliphatic heterocycles. The van der Waals surface area contributed by atoms with Crippen molar-refractivity contribution in [3.05, 3.63) is 64.9 Å². The van der Waals surface area contributed by atoms with Crippen LogP contribution >= 0.6 is 11.6 Å². The van der Waals surface area contributed by atoms with Crippen molar-refractivity contribution in [2.45, 2.75) is 13.0 Å². The minimum Gasteiger partial charge on any atom is -0.494 e. The number of hydrogen-bond acceptors (Lipinski definition) is 3. The molecule has 0 fully saturated rings. The van der Waals surface area contributed by atoms with E-state index in [0.717, 1.165) is 5.56 Å². The lowest BCUT2D eigenvalue weighted by atomic mass is 10.2. The summed E-state index contributed by atoms with van der Waals surface area (Å²) in [6.07, 6.45) is 0.646. The van der Waals surface area contributed by atoms with E-state index in [1.54, 1.807) is 18.2 Å². The quantitative estimate of drug-likeness (QED) is 0.702. The maximum atomic E-state index is 12.7. The van der Waals surface area contributed by atoms with E-state index >= 15 is 0 Å². The van der Waals surface area contributed by atoms with Crippen molar-refractivity contribution in [3.8, 4) is 5.75 Å². The van der Waals surface area contributed by atoms with E-state index in [-0.39, 0.29) is 18.3 Å². The Labute approximate surface area is 145 Å². The van der Waals surface area contributed by atoms with Crippen molar-refractivity contribution >= 4 is 17.5 Å². The molecule has 0 bridgehead atoms. The van der Waals surface area contributed by atoms with Crippen LogP contribution in [0, 0.1) is 5.82 Å². The first kappa shape index (κ1) is 18.2. The minimum atomic E-state index is -0.300. The van der Waals surface area contributed by atoms with Gasteiger partial charge in [-0.25, -0.2) is 4.39 Å². The first-order valence-electron chi connectivity index (χ1n) is 7.61. The third kappa shape index (κ3) is 6.56. The first-order chi connectivity index (χ1) is 11.6. The lowest BCUT2D eigenvalue weighted by Gasteiger charge is -2.08. The molecule has 128 valence electrons. The Bertz CT molecular complexity index is 649. The molecule has 0 aromatic heterocycles. The van der Waals surface area contributed by atoms with Crippen LogP contribution in [0.15, 0.2) is 48.5 Å². The summed E-state index contributed by atoms with van der Waals surface area (Å²) in [7, 11) is 0. The van der Waals surface area contributed by atoms with Crippen molar-refractivity contribution in [2.24, 2.45) is 0 Å². The summed E-state index contributed by atoms with van der Waals surface area (Å²) < 4.78 is 23.5. The monoisotopic (exact) mass is 351 g/mol. The van der Waals surface area contributed by atoms with Crippen LogP contribution in [-0.2, 0) is 16.1 Å². The molecule has 1 amide bonds. The fraction of sp³-hybridized carbons (Fsp3) is 0.278. The lowest BCUT2D eigenvalue weighted by molar-refractivity contribution is -0.126. The molecule has 0 aliphatic rings. The summed E-state index contributed by atoms with van der Waals surface area (Å²) in [5, 5.41) is 3.36. The second kappa shape index (κ2) is 9.90. The van der Waals surface area contributed by atoms with Gasteiger partial charge in [0.05, 0.1) is 13.2 Å². The summed E-state index contributed by atoms with van der Waals surface area (Å²) in [6, 6.07) is 13.2. The Morgan fingerprint density at radius 3 is 2.62 bits per heavy atom. The molecule has 6 heteroatoms. The Balaban J connectivity index is 1.53.